The summed E-state index contributed by atoms with van der Waals surface area (Å²) in [6.07, 6.45) is 5.12. The quantitative estimate of drug-likeness (QED) is 0.689. The molecule has 2 N–H and O–H groups in total. The molecule has 0 aliphatic carbocycles. The molecule has 0 bridgehead atoms. The first-order valence-electron chi connectivity index (χ1n) is 9.29. The number of benzene rings is 1. The number of anilines is 1. The molecule has 0 atom stereocenters. The molecule has 7 heteroatoms. The van der Waals surface area contributed by atoms with Crippen molar-refractivity contribution < 1.29 is 9.53 Å². The second-order valence-corrected chi connectivity index (χ2v) is 7.96. The van der Waals surface area contributed by atoms with Crippen LogP contribution in [0.5, 0.6) is 5.75 Å². The molecule has 0 saturated heterocycles. The normalized spacial score (nSPS) is 13.8. The molecule has 6 nitrogen and oxygen atoms in total. The molecule has 1 aromatic carbocycles. The first kappa shape index (κ1) is 18.6. The summed E-state index contributed by atoms with van der Waals surface area (Å²) in [5.74, 6) is 0.640. The number of fused-ring (bicyclic) bond motifs is 1. The largest absolute Gasteiger partial charge is 0.495 e. The molecule has 2 amide bonds. The molecule has 0 unspecified atom stereocenters. The number of ether oxygens (including phenoxy) is 1. The zero-order valence-corrected chi connectivity index (χ0v) is 16.9. The van der Waals surface area contributed by atoms with Gasteiger partial charge in [-0.1, -0.05) is 12.1 Å². The highest BCUT2D eigenvalue weighted by atomic mass is 32.1. The van der Waals surface area contributed by atoms with Gasteiger partial charge in [-0.15, -0.1) is 11.3 Å². The van der Waals surface area contributed by atoms with Crippen molar-refractivity contribution in [2.75, 3.05) is 26.0 Å². The minimum Gasteiger partial charge on any atom is -0.495 e. The lowest BCUT2D eigenvalue weighted by Crippen LogP contribution is -2.30. The van der Waals surface area contributed by atoms with E-state index in [4.69, 9.17) is 4.74 Å². The Morgan fingerprint density at radius 2 is 2.00 bits per heavy atom. The number of rotatable bonds is 5. The molecule has 28 heavy (non-hydrogen) atoms. The summed E-state index contributed by atoms with van der Waals surface area (Å²) in [7, 11) is 3.74. The molecule has 0 spiro atoms. The third kappa shape index (κ3) is 3.76. The number of nitrogens with one attached hydrogen (secondary N) is 2. The first-order valence-corrected chi connectivity index (χ1v) is 10.1. The SMILES string of the molecule is COc1ccccc1NC(=O)NCc1c(-n2cccc2)sc2c1CCN(C)C2. The van der Waals surface area contributed by atoms with E-state index in [1.54, 1.807) is 7.11 Å². The fourth-order valence-corrected chi connectivity index (χ4v) is 4.94. The van der Waals surface area contributed by atoms with E-state index in [9.17, 15) is 4.79 Å². The second-order valence-electron chi connectivity index (χ2n) is 6.87. The smallest absolute Gasteiger partial charge is 0.319 e. The topological polar surface area (TPSA) is 58.5 Å². The molecular formula is C21H24N4O2S. The first-order chi connectivity index (χ1) is 13.7. The standard InChI is InChI=1S/C21H24N4O2S/c1-24-12-9-15-16(20(28-19(15)14-24)25-10-5-6-11-25)13-22-21(26)23-17-7-3-4-8-18(17)27-2/h3-8,10-11H,9,12-14H2,1-2H3,(H2,22,23,26). The summed E-state index contributed by atoms with van der Waals surface area (Å²) < 4.78 is 7.44. The molecule has 0 radical (unpaired) electrons. The number of thiophene rings is 1. The van der Waals surface area contributed by atoms with Crippen LogP contribution in [0.2, 0.25) is 0 Å². The maximum atomic E-state index is 12.5. The van der Waals surface area contributed by atoms with Crippen molar-refractivity contribution >= 4 is 23.1 Å². The highest BCUT2D eigenvalue weighted by Crippen LogP contribution is 2.35. The van der Waals surface area contributed by atoms with Crippen LogP contribution in [0.15, 0.2) is 48.8 Å². The lowest BCUT2D eigenvalue weighted by molar-refractivity contribution is 0.251. The predicted octanol–water partition coefficient (Wildman–Crippen LogP) is 3.86. The van der Waals surface area contributed by atoms with Crippen LogP contribution in [0.4, 0.5) is 10.5 Å². The van der Waals surface area contributed by atoms with Crippen LogP contribution in [0.3, 0.4) is 0 Å². The maximum Gasteiger partial charge on any atom is 0.319 e. The van der Waals surface area contributed by atoms with Crippen LogP contribution >= 0.6 is 11.3 Å². The van der Waals surface area contributed by atoms with Crippen LogP contribution in [0.1, 0.15) is 16.0 Å². The lowest BCUT2D eigenvalue weighted by atomic mass is 10.0. The molecule has 4 rings (SSSR count). The Morgan fingerprint density at radius 1 is 1.21 bits per heavy atom. The van der Waals surface area contributed by atoms with E-state index in [-0.39, 0.29) is 6.03 Å². The van der Waals surface area contributed by atoms with Gasteiger partial charge >= 0.3 is 6.03 Å². The van der Waals surface area contributed by atoms with E-state index < -0.39 is 0 Å². The van der Waals surface area contributed by atoms with Crippen molar-refractivity contribution in [2.45, 2.75) is 19.5 Å². The van der Waals surface area contributed by atoms with Crippen molar-refractivity contribution in [1.82, 2.24) is 14.8 Å². The monoisotopic (exact) mass is 396 g/mol. The number of urea groups is 1. The third-order valence-corrected chi connectivity index (χ3v) is 6.23. The van der Waals surface area contributed by atoms with Crippen LogP contribution in [0.25, 0.3) is 5.00 Å². The molecule has 0 saturated carbocycles. The van der Waals surface area contributed by atoms with Gasteiger partial charge in [-0.25, -0.2) is 4.79 Å². The van der Waals surface area contributed by atoms with E-state index in [0.717, 1.165) is 19.5 Å². The predicted molar refractivity (Wildman–Crippen MR) is 113 cm³/mol. The number of likely N-dealkylation sites (N-methyl/N-ethyl adjacent to an activating group) is 1. The van der Waals surface area contributed by atoms with Crippen molar-refractivity contribution in [3.8, 4) is 10.8 Å². The number of methoxy groups -OCH3 is 1. The van der Waals surface area contributed by atoms with Gasteiger partial charge in [0.25, 0.3) is 0 Å². The fourth-order valence-electron chi connectivity index (χ4n) is 3.53. The zero-order valence-electron chi connectivity index (χ0n) is 16.1. The highest BCUT2D eigenvalue weighted by Gasteiger charge is 2.23. The summed E-state index contributed by atoms with van der Waals surface area (Å²) >= 11 is 1.81. The molecule has 146 valence electrons. The number of carbonyl (C=O) groups excluding carboxylic acids is 1. The van der Waals surface area contributed by atoms with E-state index in [1.807, 2.05) is 47.7 Å². The van der Waals surface area contributed by atoms with Gasteiger partial charge in [0.2, 0.25) is 0 Å². The Bertz CT molecular complexity index is 965. The van der Waals surface area contributed by atoms with Crippen molar-refractivity contribution in [1.29, 1.82) is 0 Å². The average Bonchev–Trinajstić information content (AvgIpc) is 3.34. The van der Waals surface area contributed by atoms with Crippen LogP contribution < -0.4 is 15.4 Å². The number of para-hydroxylation sites is 2. The van der Waals surface area contributed by atoms with Crippen LogP contribution in [-0.2, 0) is 19.5 Å². The van der Waals surface area contributed by atoms with Crippen LogP contribution in [-0.4, -0.2) is 36.2 Å². The highest BCUT2D eigenvalue weighted by molar-refractivity contribution is 7.14. The number of carbonyl (C=O) groups is 1. The van der Waals surface area contributed by atoms with Crippen molar-refractivity contribution in [3.63, 3.8) is 0 Å². The molecule has 2 aromatic heterocycles. The van der Waals surface area contributed by atoms with Gasteiger partial charge in [-0.3, -0.25) is 0 Å². The fraction of sp³-hybridized carbons (Fsp3) is 0.286. The molecule has 0 fully saturated rings. The minimum atomic E-state index is -0.240. The summed E-state index contributed by atoms with van der Waals surface area (Å²) in [4.78, 5) is 16.2. The zero-order chi connectivity index (χ0) is 19.5. The van der Waals surface area contributed by atoms with Gasteiger partial charge in [-0.05, 0) is 43.3 Å². The number of nitrogens with zero attached hydrogens (tertiary/aromatic N) is 2. The number of hydrogen-bond acceptors (Lipinski definition) is 4. The summed E-state index contributed by atoms with van der Waals surface area (Å²) in [6.45, 7) is 2.49. The molecule has 1 aliphatic rings. The summed E-state index contributed by atoms with van der Waals surface area (Å²) in [6, 6.07) is 11.2. The van der Waals surface area contributed by atoms with E-state index in [2.05, 4.69) is 39.5 Å². The number of amides is 2. The van der Waals surface area contributed by atoms with Gasteiger partial charge in [0.1, 0.15) is 10.8 Å². The van der Waals surface area contributed by atoms with E-state index in [1.165, 1.54) is 21.0 Å². The molecule has 1 aliphatic heterocycles. The van der Waals surface area contributed by atoms with Crippen molar-refractivity contribution in [3.05, 3.63) is 64.8 Å². The average molecular weight is 397 g/mol. The molecule has 3 heterocycles. The third-order valence-electron chi connectivity index (χ3n) is 4.96. The van der Waals surface area contributed by atoms with Gasteiger partial charge in [0.15, 0.2) is 0 Å². The summed E-state index contributed by atoms with van der Waals surface area (Å²) in [5.41, 5.74) is 3.24. The van der Waals surface area contributed by atoms with Gasteiger partial charge in [-0.2, -0.15) is 0 Å². The Labute approximate surface area is 168 Å². The summed E-state index contributed by atoms with van der Waals surface area (Å²) in [5, 5.41) is 7.08. The second kappa shape index (κ2) is 8.08. The Morgan fingerprint density at radius 3 is 2.79 bits per heavy atom. The van der Waals surface area contributed by atoms with Gasteiger partial charge in [0.05, 0.1) is 12.8 Å². The van der Waals surface area contributed by atoms with Gasteiger partial charge < -0.3 is 24.8 Å². The molecule has 3 aromatic rings. The van der Waals surface area contributed by atoms with Gasteiger partial charge in [0, 0.05) is 42.5 Å². The Balaban J connectivity index is 1.53. The number of aromatic nitrogens is 1. The Kier molecular flexibility index (Phi) is 5.36. The Hall–Kier alpha value is -2.77. The number of hydrogen-bond donors (Lipinski definition) is 2. The van der Waals surface area contributed by atoms with E-state index in [0.29, 0.717) is 18.0 Å². The lowest BCUT2D eigenvalue weighted by Gasteiger charge is -2.22. The molecular weight excluding hydrogens is 372 g/mol. The van der Waals surface area contributed by atoms with Crippen LogP contribution in [0, 0.1) is 0 Å². The maximum absolute atomic E-state index is 12.5. The van der Waals surface area contributed by atoms with E-state index >= 15 is 0 Å². The minimum absolute atomic E-state index is 0.240. The van der Waals surface area contributed by atoms with Crippen molar-refractivity contribution in [2.24, 2.45) is 0 Å².